The second kappa shape index (κ2) is 7.36. The number of nitrogens with one attached hydrogen (secondary N) is 1. The average Bonchev–Trinajstić information content (AvgIpc) is 2.98. The lowest BCUT2D eigenvalue weighted by Gasteiger charge is -2.26. The number of aromatic amines is 1. The first-order valence-corrected chi connectivity index (χ1v) is 9.27. The predicted octanol–water partition coefficient (Wildman–Crippen LogP) is 3.27. The van der Waals surface area contributed by atoms with Crippen molar-refractivity contribution in [2.45, 2.75) is 32.4 Å². The second-order valence-corrected chi connectivity index (χ2v) is 7.14. The topological polar surface area (TPSA) is 84.2 Å². The highest BCUT2D eigenvalue weighted by Crippen LogP contribution is 2.19. The van der Waals surface area contributed by atoms with Crippen LogP contribution in [0.5, 0.6) is 0 Å². The normalized spacial score (nSPS) is 15.3. The van der Waals surface area contributed by atoms with Gasteiger partial charge in [-0.1, -0.05) is 30.7 Å². The van der Waals surface area contributed by atoms with Gasteiger partial charge in [-0.15, -0.1) is 0 Å². The van der Waals surface area contributed by atoms with E-state index < -0.39 is 4.92 Å². The SMILES string of the molecule is O=c1[nH]n(Cc2cccc(CN3CCCCC3)c2)c2ccc([N+](=O)[O-])cc12. The molecule has 1 aromatic heterocycles. The molecule has 0 radical (unpaired) electrons. The summed E-state index contributed by atoms with van der Waals surface area (Å²) in [5.74, 6) is 0. The van der Waals surface area contributed by atoms with Crippen molar-refractivity contribution in [2.75, 3.05) is 13.1 Å². The average molecular weight is 366 g/mol. The lowest BCUT2D eigenvalue weighted by molar-refractivity contribution is -0.384. The van der Waals surface area contributed by atoms with Crippen molar-refractivity contribution in [2.24, 2.45) is 0 Å². The van der Waals surface area contributed by atoms with Gasteiger partial charge in [0.2, 0.25) is 0 Å². The summed E-state index contributed by atoms with van der Waals surface area (Å²) in [6.07, 6.45) is 3.85. The molecule has 1 aliphatic rings. The number of nitrogens with zero attached hydrogens (tertiary/aromatic N) is 3. The van der Waals surface area contributed by atoms with E-state index >= 15 is 0 Å². The minimum atomic E-state index is -0.486. The molecule has 0 saturated carbocycles. The standard InChI is InChI=1S/C20H22N4O3/c25-20-18-12-17(24(26)27)7-8-19(18)23(21-20)14-16-6-4-5-15(11-16)13-22-9-2-1-3-10-22/h4-8,11-12H,1-3,9-10,13-14H2,(H,21,25). The quantitative estimate of drug-likeness (QED) is 0.555. The third kappa shape index (κ3) is 3.78. The number of rotatable bonds is 5. The van der Waals surface area contributed by atoms with Crippen molar-refractivity contribution in [3.8, 4) is 0 Å². The molecular weight excluding hydrogens is 344 g/mol. The molecule has 0 aliphatic carbocycles. The Hall–Kier alpha value is -2.93. The Morgan fingerprint density at radius 2 is 1.74 bits per heavy atom. The summed E-state index contributed by atoms with van der Waals surface area (Å²) < 4.78 is 1.75. The van der Waals surface area contributed by atoms with E-state index in [1.807, 2.05) is 12.1 Å². The van der Waals surface area contributed by atoms with Crippen molar-refractivity contribution in [3.05, 3.63) is 74.1 Å². The molecule has 1 N–H and O–H groups in total. The Labute approximate surface area is 156 Å². The third-order valence-electron chi connectivity index (χ3n) is 5.15. The van der Waals surface area contributed by atoms with Gasteiger partial charge in [0, 0.05) is 18.7 Å². The molecule has 140 valence electrons. The molecule has 4 rings (SSSR count). The highest BCUT2D eigenvalue weighted by Gasteiger charge is 2.14. The van der Waals surface area contributed by atoms with Crippen LogP contribution in [0.3, 0.4) is 0 Å². The number of hydrogen-bond donors (Lipinski definition) is 1. The first-order chi connectivity index (χ1) is 13.1. The van der Waals surface area contributed by atoms with Crippen LogP contribution in [-0.4, -0.2) is 32.7 Å². The van der Waals surface area contributed by atoms with Crippen LogP contribution in [0.4, 0.5) is 5.69 Å². The molecule has 1 fully saturated rings. The molecule has 27 heavy (non-hydrogen) atoms. The summed E-state index contributed by atoms with van der Waals surface area (Å²) in [6, 6.07) is 12.8. The second-order valence-electron chi connectivity index (χ2n) is 7.14. The fourth-order valence-electron chi connectivity index (χ4n) is 3.81. The Bertz CT molecular complexity index is 1030. The van der Waals surface area contributed by atoms with Crippen LogP contribution < -0.4 is 5.56 Å². The molecule has 0 atom stereocenters. The number of fused-ring (bicyclic) bond motifs is 1. The lowest BCUT2D eigenvalue weighted by Crippen LogP contribution is -2.29. The number of H-pyrrole nitrogens is 1. The molecule has 7 heteroatoms. The van der Waals surface area contributed by atoms with Gasteiger partial charge in [-0.3, -0.25) is 29.6 Å². The van der Waals surface area contributed by atoms with Gasteiger partial charge < -0.3 is 0 Å². The fraction of sp³-hybridized carbons (Fsp3) is 0.350. The van der Waals surface area contributed by atoms with Gasteiger partial charge in [-0.2, -0.15) is 0 Å². The van der Waals surface area contributed by atoms with Crippen molar-refractivity contribution in [1.82, 2.24) is 14.7 Å². The molecule has 1 saturated heterocycles. The summed E-state index contributed by atoms with van der Waals surface area (Å²) in [6.45, 7) is 3.77. The van der Waals surface area contributed by atoms with E-state index in [2.05, 4.69) is 22.1 Å². The number of nitro groups is 1. The molecule has 0 unspecified atom stereocenters. The lowest BCUT2D eigenvalue weighted by atomic mass is 10.1. The number of nitro benzene ring substituents is 1. The number of likely N-dealkylation sites (tertiary alicyclic amines) is 1. The highest BCUT2D eigenvalue weighted by atomic mass is 16.6. The largest absolute Gasteiger partial charge is 0.299 e. The molecule has 0 spiro atoms. The first kappa shape index (κ1) is 17.5. The minimum Gasteiger partial charge on any atom is -0.299 e. The van der Waals surface area contributed by atoms with E-state index in [1.54, 1.807) is 10.7 Å². The summed E-state index contributed by atoms with van der Waals surface area (Å²) in [5.41, 5.74) is 2.65. The van der Waals surface area contributed by atoms with Gasteiger partial charge in [-0.25, -0.2) is 0 Å². The molecule has 7 nitrogen and oxygen atoms in total. The Morgan fingerprint density at radius 3 is 2.48 bits per heavy atom. The van der Waals surface area contributed by atoms with Gasteiger partial charge in [0.25, 0.3) is 11.2 Å². The van der Waals surface area contributed by atoms with E-state index in [0.29, 0.717) is 17.4 Å². The smallest absolute Gasteiger partial charge is 0.272 e. The maximum atomic E-state index is 12.2. The van der Waals surface area contributed by atoms with Crippen molar-refractivity contribution >= 4 is 16.6 Å². The zero-order valence-electron chi connectivity index (χ0n) is 15.1. The Morgan fingerprint density at radius 1 is 1.00 bits per heavy atom. The van der Waals surface area contributed by atoms with E-state index in [4.69, 9.17) is 0 Å². The van der Waals surface area contributed by atoms with E-state index in [9.17, 15) is 14.9 Å². The van der Waals surface area contributed by atoms with Gasteiger partial charge in [0.1, 0.15) is 0 Å². The predicted molar refractivity (Wildman–Crippen MR) is 104 cm³/mol. The van der Waals surface area contributed by atoms with Crippen LogP contribution in [-0.2, 0) is 13.1 Å². The van der Waals surface area contributed by atoms with Crippen LogP contribution in [0.15, 0.2) is 47.3 Å². The summed E-state index contributed by atoms with van der Waals surface area (Å²) in [7, 11) is 0. The van der Waals surface area contributed by atoms with Crippen LogP contribution in [0, 0.1) is 10.1 Å². The molecular formula is C20H22N4O3. The van der Waals surface area contributed by atoms with Crippen molar-refractivity contribution < 1.29 is 4.92 Å². The highest BCUT2D eigenvalue weighted by molar-refractivity contribution is 5.81. The number of piperidine rings is 1. The number of aromatic nitrogens is 2. The summed E-state index contributed by atoms with van der Waals surface area (Å²) >= 11 is 0. The molecule has 0 amide bonds. The zero-order valence-corrected chi connectivity index (χ0v) is 15.1. The van der Waals surface area contributed by atoms with Crippen LogP contribution in [0.2, 0.25) is 0 Å². The van der Waals surface area contributed by atoms with Crippen LogP contribution in [0.1, 0.15) is 30.4 Å². The maximum absolute atomic E-state index is 12.2. The Balaban J connectivity index is 1.58. The molecule has 0 bridgehead atoms. The van der Waals surface area contributed by atoms with Crippen LogP contribution in [0.25, 0.3) is 10.9 Å². The summed E-state index contributed by atoms with van der Waals surface area (Å²) in [4.78, 5) is 25.1. The monoisotopic (exact) mass is 366 g/mol. The molecule has 2 heterocycles. The van der Waals surface area contributed by atoms with Gasteiger partial charge in [-0.05, 0) is 43.1 Å². The molecule has 1 aliphatic heterocycles. The maximum Gasteiger partial charge on any atom is 0.272 e. The number of hydrogen-bond acceptors (Lipinski definition) is 4. The van der Waals surface area contributed by atoms with E-state index in [-0.39, 0.29) is 11.2 Å². The van der Waals surface area contributed by atoms with Crippen molar-refractivity contribution in [1.29, 1.82) is 0 Å². The molecule has 3 aromatic rings. The third-order valence-corrected chi connectivity index (χ3v) is 5.15. The number of non-ortho nitro benzene ring substituents is 1. The zero-order chi connectivity index (χ0) is 18.8. The van der Waals surface area contributed by atoms with Gasteiger partial charge in [0.15, 0.2) is 0 Å². The summed E-state index contributed by atoms with van der Waals surface area (Å²) in [5, 5.41) is 14.1. The van der Waals surface area contributed by atoms with E-state index in [1.165, 1.54) is 37.0 Å². The molecule has 2 aromatic carbocycles. The minimum absolute atomic E-state index is 0.0747. The van der Waals surface area contributed by atoms with E-state index in [0.717, 1.165) is 25.2 Å². The van der Waals surface area contributed by atoms with Gasteiger partial charge in [0.05, 0.1) is 22.4 Å². The fourth-order valence-corrected chi connectivity index (χ4v) is 3.81. The van der Waals surface area contributed by atoms with Crippen molar-refractivity contribution in [3.63, 3.8) is 0 Å². The van der Waals surface area contributed by atoms with Gasteiger partial charge >= 0.3 is 0 Å². The Kier molecular flexibility index (Phi) is 4.77. The number of benzene rings is 2. The van der Waals surface area contributed by atoms with Crippen LogP contribution >= 0.6 is 0 Å². The first-order valence-electron chi connectivity index (χ1n) is 9.27.